The molecule has 376 valence electrons. The molecule has 16 aromatic rings. The predicted octanol–water partition coefficient (Wildman–Crippen LogP) is 14.7. The zero-order valence-electron chi connectivity index (χ0n) is 41.9. The molecule has 6 nitrogen and oxygen atoms in total. The Morgan fingerprint density at radius 2 is 0.709 bits per heavy atom. The second kappa shape index (κ2) is 20.9. The maximum atomic E-state index is 9.38. The Morgan fingerprint density at radius 3 is 1.24 bits per heavy atom. The van der Waals surface area contributed by atoms with Gasteiger partial charge in [0, 0.05) is 91.1 Å². The zero-order valence-corrected chi connectivity index (χ0v) is 45.1. The second-order valence-electron chi connectivity index (χ2n) is 19.2. The number of hydrogen-bond acceptors (Lipinski definition) is 8. The minimum atomic E-state index is -1.44. The summed E-state index contributed by atoms with van der Waals surface area (Å²) in [5.74, 6) is 0. The SMILES string of the molecule is Brc1ccc2c(c1)c1ccccc1c1nccnc21.OB(O)c1cccc(-c2cccc3c2sc2ccccc23)c1.[F-].c1cc(-c2ccc3c(c2)c2ccccc2c2nccnc32)cc(-c2cccc3c2sc2ccccc23)c1. The molecule has 0 radical (unpaired) electrons. The van der Waals surface area contributed by atoms with Crippen LogP contribution < -0.4 is 10.2 Å². The van der Waals surface area contributed by atoms with Crippen molar-refractivity contribution in [1.82, 2.24) is 19.9 Å². The first-order chi connectivity index (χ1) is 38.4. The lowest BCUT2D eigenvalue weighted by atomic mass is 9.79. The van der Waals surface area contributed by atoms with E-state index in [4.69, 9.17) is 4.98 Å². The third-order valence-electron chi connectivity index (χ3n) is 14.7. The van der Waals surface area contributed by atoms with E-state index in [0.717, 1.165) is 59.2 Å². The smallest absolute Gasteiger partial charge is 0.488 e. The van der Waals surface area contributed by atoms with Gasteiger partial charge >= 0.3 is 7.12 Å². The molecule has 79 heavy (non-hydrogen) atoms. The van der Waals surface area contributed by atoms with Crippen LogP contribution in [0.5, 0.6) is 0 Å². The highest BCUT2D eigenvalue weighted by Gasteiger charge is 2.17. The van der Waals surface area contributed by atoms with Gasteiger partial charge in [-0.05, 0) is 96.8 Å². The first-order valence-corrected chi connectivity index (χ1v) is 28.0. The molecular weight excluding hydrogens is 1080 g/mol. The minimum Gasteiger partial charge on any atom is -1.00 e. The largest absolute Gasteiger partial charge is 1.00 e. The molecule has 0 unspecified atom stereocenters. The lowest BCUT2D eigenvalue weighted by Gasteiger charge is -2.11. The van der Waals surface area contributed by atoms with Gasteiger partial charge in [-0.15, -0.1) is 22.7 Å². The Balaban J connectivity index is 0.000000120. The number of benzene rings is 12. The topological polar surface area (TPSA) is 92.0 Å². The van der Waals surface area contributed by atoms with Crippen molar-refractivity contribution in [3.05, 3.63) is 248 Å². The van der Waals surface area contributed by atoms with Crippen LogP contribution in [-0.2, 0) is 0 Å². The summed E-state index contributed by atoms with van der Waals surface area (Å²) in [6.45, 7) is 0. The molecule has 2 N–H and O–H groups in total. The molecule has 0 aliphatic carbocycles. The number of nitrogens with zero attached hydrogens (tertiary/aromatic N) is 4. The van der Waals surface area contributed by atoms with Gasteiger partial charge in [-0.3, -0.25) is 19.9 Å². The van der Waals surface area contributed by atoms with Gasteiger partial charge in [0.1, 0.15) is 0 Å². The molecule has 12 aromatic carbocycles. The van der Waals surface area contributed by atoms with Gasteiger partial charge < -0.3 is 14.8 Å². The number of halogens is 2. The van der Waals surface area contributed by atoms with Crippen molar-refractivity contribution in [2.45, 2.75) is 0 Å². The van der Waals surface area contributed by atoms with E-state index in [1.807, 2.05) is 41.7 Å². The number of fused-ring (bicyclic) bond motifs is 18. The summed E-state index contributed by atoms with van der Waals surface area (Å²) >= 11 is 7.19. The molecule has 0 amide bonds. The van der Waals surface area contributed by atoms with E-state index in [0.29, 0.717) is 5.46 Å². The van der Waals surface area contributed by atoms with E-state index >= 15 is 0 Å². The monoisotopic (exact) mass is 1120 g/mol. The Hall–Kier alpha value is -8.81. The highest BCUT2D eigenvalue weighted by Crippen LogP contribution is 2.43. The fraction of sp³-hybridized carbons (Fsp3) is 0. The fourth-order valence-electron chi connectivity index (χ4n) is 11.1. The van der Waals surface area contributed by atoms with Crippen LogP contribution in [0.4, 0.5) is 0 Å². The van der Waals surface area contributed by atoms with Gasteiger partial charge in [-0.2, -0.15) is 0 Å². The summed E-state index contributed by atoms with van der Waals surface area (Å²) in [5.41, 5.74) is 11.4. The van der Waals surface area contributed by atoms with Gasteiger partial charge in [-0.1, -0.05) is 198 Å². The van der Waals surface area contributed by atoms with Gasteiger partial charge in [0.2, 0.25) is 0 Å². The summed E-state index contributed by atoms with van der Waals surface area (Å²) in [7, 11) is -1.44. The molecule has 0 saturated carbocycles. The maximum Gasteiger partial charge on any atom is 0.488 e. The van der Waals surface area contributed by atoms with Crippen LogP contribution in [0.1, 0.15) is 0 Å². The van der Waals surface area contributed by atoms with Crippen LogP contribution in [0.2, 0.25) is 0 Å². The Bertz CT molecular complexity index is 4960. The van der Waals surface area contributed by atoms with E-state index in [1.165, 1.54) is 84.1 Å². The summed E-state index contributed by atoms with van der Waals surface area (Å²) in [6.07, 6.45) is 7.05. The van der Waals surface area contributed by atoms with Crippen LogP contribution in [0.15, 0.2) is 248 Å². The molecule has 0 fully saturated rings. The Labute approximate surface area is 469 Å². The van der Waals surface area contributed by atoms with Crippen molar-refractivity contribution in [2.75, 3.05) is 0 Å². The van der Waals surface area contributed by atoms with Crippen molar-refractivity contribution in [1.29, 1.82) is 0 Å². The summed E-state index contributed by atoms with van der Waals surface area (Å²) in [5, 5.41) is 33.3. The molecule has 0 aliphatic rings. The fourth-order valence-corrected chi connectivity index (χ4v) is 13.9. The highest BCUT2D eigenvalue weighted by molar-refractivity contribution is 9.10. The molecule has 16 rings (SSSR count). The number of hydrogen-bond donors (Lipinski definition) is 2. The van der Waals surface area contributed by atoms with E-state index in [9.17, 15) is 10.0 Å². The van der Waals surface area contributed by atoms with Gasteiger partial charge in [-0.25, -0.2) is 0 Å². The number of thiophene rings is 2. The van der Waals surface area contributed by atoms with Crippen LogP contribution in [0.25, 0.3) is 139 Å². The van der Waals surface area contributed by atoms with Crippen molar-refractivity contribution in [2.24, 2.45) is 0 Å². The molecule has 0 aliphatic heterocycles. The molecule has 0 saturated heterocycles. The molecule has 4 aromatic heterocycles. The molecule has 11 heteroatoms. The lowest BCUT2D eigenvalue weighted by molar-refractivity contribution is -0.0000168. The molecule has 0 spiro atoms. The zero-order chi connectivity index (χ0) is 52.3. The Morgan fingerprint density at radius 1 is 0.316 bits per heavy atom. The van der Waals surface area contributed by atoms with Crippen LogP contribution >= 0.6 is 38.6 Å². The minimum absolute atomic E-state index is 0. The normalized spacial score (nSPS) is 11.4. The highest BCUT2D eigenvalue weighted by atomic mass is 79.9. The van der Waals surface area contributed by atoms with Crippen molar-refractivity contribution in [3.8, 4) is 33.4 Å². The lowest BCUT2D eigenvalue weighted by Crippen LogP contribution is -3.00. The quantitative estimate of drug-likeness (QED) is 0.135. The number of aromatic nitrogens is 4. The second-order valence-corrected chi connectivity index (χ2v) is 22.2. The van der Waals surface area contributed by atoms with E-state index < -0.39 is 7.12 Å². The van der Waals surface area contributed by atoms with E-state index in [-0.39, 0.29) is 4.70 Å². The number of rotatable bonds is 4. The van der Waals surface area contributed by atoms with Crippen LogP contribution in [0.3, 0.4) is 0 Å². The molecular formula is C68H42BBrFN4O2S2-. The van der Waals surface area contributed by atoms with E-state index in [2.05, 4.69) is 213 Å². The van der Waals surface area contributed by atoms with Gasteiger partial charge in [0.25, 0.3) is 0 Å². The third kappa shape index (κ3) is 8.92. The van der Waals surface area contributed by atoms with Gasteiger partial charge in [0.05, 0.1) is 22.1 Å². The summed E-state index contributed by atoms with van der Waals surface area (Å²) in [4.78, 5) is 18.4. The standard InChI is InChI=1S/C34H20N2S.C18H13BO2S.C16H9BrN2.FH/c1-2-11-27-25(9-1)30-20-22(15-16-28(30)33-32(27)35-17-18-36-33)21-7-5-8-23(19-21)24-12-6-13-29-26-10-3-4-14-31(26)37-34(24)29;20-19(21)13-6-3-5-12(11-13)14-8-4-9-16-15-7-1-2-10-17(15)22-18(14)16;17-10-5-6-13-14(9-10)11-3-1-2-4-12(11)15-16(13)19-8-7-18-15;/h1-20H;1-11,20-21H;1-9H;1H/p-1. The van der Waals surface area contributed by atoms with Gasteiger partial charge in [0.15, 0.2) is 0 Å². The first kappa shape index (κ1) is 49.7. The first-order valence-electron chi connectivity index (χ1n) is 25.6. The summed E-state index contributed by atoms with van der Waals surface area (Å²) < 4.78 is 6.25. The van der Waals surface area contributed by atoms with Crippen LogP contribution in [0, 0.1) is 0 Å². The average Bonchev–Trinajstić information content (AvgIpc) is 4.28. The molecule has 4 heterocycles. The van der Waals surface area contributed by atoms with Crippen molar-refractivity contribution < 1.29 is 14.8 Å². The molecule has 0 bridgehead atoms. The van der Waals surface area contributed by atoms with Crippen molar-refractivity contribution in [3.63, 3.8) is 0 Å². The predicted molar refractivity (Wildman–Crippen MR) is 335 cm³/mol. The Kier molecular flexibility index (Phi) is 13.1. The van der Waals surface area contributed by atoms with Crippen LogP contribution in [-0.4, -0.2) is 37.1 Å². The van der Waals surface area contributed by atoms with Crippen molar-refractivity contribution >= 4 is 157 Å². The molecule has 0 atom stereocenters. The van der Waals surface area contributed by atoms with E-state index in [1.54, 1.807) is 42.2 Å². The summed E-state index contributed by atoms with van der Waals surface area (Å²) in [6, 6.07) is 76.2. The third-order valence-corrected chi connectivity index (χ3v) is 17.6. The average molecular weight is 1120 g/mol. The maximum absolute atomic E-state index is 9.38.